The summed E-state index contributed by atoms with van der Waals surface area (Å²) in [6.45, 7) is 4.51. The first kappa shape index (κ1) is 22.8. The summed E-state index contributed by atoms with van der Waals surface area (Å²) in [6, 6.07) is 19.7. The second-order valence-electron chi connectivity index (χ2n) is 8.43. The summed E-state index contributed by atoms with van der Waals surface area (Å²) in [7, 11) is 0. The zero-order chi connectivity index (χ0) is 23.5. The first-order chi connectivity index (χ1) is 16.6. The van der Waals surface area contributed by atoms with Gasteiger partial charge in [-0.05, 0) is 42.0 Å². The van der Waals surface area contributed by atoms with Crippen molar-refractivity contribution in [3.05, 3.63) is 87.0 Å². The number of para-hydroxylation sites is 1. The Balaban J connectivity index is 1.14. The monoisotopic (exact) mass is 492 g/mol. The van der Waals surface area contributed by atoms with Crippen LogP contribution in [-0.2, 0) is 17.9 Å². The number of fused-ring (bicyclic) bond motifs is 1. The van der Waals surface area contributed by atoms with Gasteiger partial charge in [-0.25, -0.2) is 0 Å². The number of benzene rings is 2. The fourth-order valence-electron chi connectivity index (χ4n) is 4.33. The molecule has 1 fully saturated rings. The zero-order valence-corrected chi connectivity index (χ0v) is 20.3. The molecule has 0 spiro atoms. The number of hydrogen-bond acceptors (Lipinski definition) is 5. The quantitative estimate of drug-likeness (QED) is 0.397. The average Bonchev–Trinajstić information content (AvgIpc) is 3.33. The van der Waals surface area contributed by atoms with E-state index < -0.39 is 0 Å². The maximum Gasteiger partial charge on any atom is 0.224 e. The van der Waals surface area contributed by atoms with E-state index >= 15 is 0 Å². The number of piperazine rings is 1. The first-order valence-corrected chi connectivity index (χ1v) is 12.6. The van der Waals surface area contributed by atoms with Crippen LogP contribution in [0.15, 0.2) is 71.7 Å². The van der Waals surface area contributed by atoms with E-state index in [0.29, 0.717) is 18.4 Å². The van der Waals surface area contributed by atoms with Crippen molar-refractivity contribution in [2.45, 2.75) is 19.5 Å². The van der Waals surface area contributed by atoms with Crippen LogP contribution in [0.5, 0.6) is 0 Å². The Morgan fingerprint density at radius 1 is 1.00 bits per heavy atom. The van der Waals surface area contributed by atoms with Crippen molar-refractivity contribution >= 4 is 39.7 Å². The molecule has 0 aliphatic carbocycles. The van der Waals surface area contributed by atoms with Gasteiger partial charge in [0.2, 0.25) is 11.3 Å². The molecule has 0 unspecified atom stereocenters. The van der Waals surface area contributed by atoms with Crippen LogP contribution in [0.2, 0.25) is 5.02 Å². The highest BCUT2D eigenvalue weighted by molar-refractivity contribution is 7.15. The summed E-state index contributed by atoms with van der Waals surface area (Å²) in [5, 5.41) is 5.61. The zero-order valence-electron chi connectivity index (χ0n) is 18.7. The molecule has 0 bridgehead atoms. The van der Waals surface area contributed by atoms with Crippen molar-refractivity contribution in [3.63, 3.8) is 0 Å². The van der Waals surface area contributed by atoms with Crippen molar-refractivity contribution in [1.82, 2.24) is 19.6 Å². The van der Waals surface area contributed by atoms with Crippen molar-refractivity contribution in [1.29, 1.82) is 0 Å². The van der Waals surface area contributed by atoms with Crippen LogP contribution in [0.3, 0.4) is 0 Å². The SMILES string of the molecule is O=C(CCn1ncc(=O)c2ccccc21)N1CCN(Cc2ccc(-c3cccc(Cl)c3)s2)CC1. The molecule has 1 aliphatic rings. The Kier molecular flexibility index (Phi) is 6.76. The molecule has 2 aromatic heterocycles. The van der Waals surface area contributed by atoms with Crippen LogP contribution >= 0.6 is 22.9 Å². The first-order valence-electron chi connectivity index (χ1n) is 11.4. The van der Waals surface area contributed by atoms with E-state index in [0.717, 1.165) is 48.8 Å². The van der Waals surface area contributed by atoms with Crippen molar-refractivity contribution in [3.8, 4) is 10.4 Å². The van der Waals surface area contributed by atoms with Crippen molar-refractivity contribution < 1.29 is 4.79 Å². The van der Waals surface area contributed by atoms with E-state index in [1.165, 1.54) is 16.0 Å². The summed E-state index contributed by atoms with van der Waals surface area (Å²) in [5.41, 5.74) is 1.81. The summed E-state index contributed by atoms with van der Waals surface area (Å²) in [5.74, 6) is 0.128. The Hall–Kier alpha value is -3.00. The molecule has 1 amide bonds. The lowest BCUT2D eigenvalue weighted by atomic mass is 10.2. The molecule has 0 saturated carbocycles. The van der Waals surface area contributed by atoms with Crippen molar-refractivity contribution in [2.24, 2.45) is 0 Å². The smallest absolute Gasteiger partial charge is 0.224 e. The minimum atomic E-state index is -0.0975. The van der Waals surface area contributed by atoms with E-state index in [2.05, 4.69) is 28.2 Å². The molecule has 0 radical (unpaired) electrons. The number of aryl methyl sites for hydroxylation is 1. The number of nitrogens with zero attached hydrogens (tertiary/aromatic N) is 4. The van der Waals surface area contributed by atoms with Crippen LogP contribution in [0.25, 0.3) is 21.3 Å². The predicted octanol–water partition coefficient (Wildman–Crippen LogP) is 4.51. The highest BCUT2D eigenvalue weighted by atomic mass is 35.5. The van der Waals surface area contributed by atoms with E-state index in [1.54, 1.807) is 22.1 Å². The molecule has 1 aliphatic heterocycles. The van der Waals surface area contributed by atoms with Gasteiger partial charge in [-0.15, -0.1) is 11.3 Å². The van der Waals surface area contributed by atoms with Gasteiger partial charge in [-0.3, -0.25) is 19.2 Å². The summed E-state index contributed by atoms with van der Waals surface area (Å²) >= 11 is 7.92. The van der Waals surface area contributed by atoms with Crippen LogP contribution in [-0.4, -0.2) is 51.7 Å². The number of thiophene rings is 1. The highest BCUT2D eigenvalue weighted by Crippen LogP contribution is 2.30. The van der Waals surface area contributed by atoms with Gasteiger partial charge in [0.15, 0.2) is 0 Å². The Bertz CT molecular complexity index is 1370. The summed E-state index contributed by atoms with van der Waals surface area (Å²) < 4.78 is 1.75. The number of carbonyl (C=O) groups excluding carboxylic acids is 1. The van der Waals surface area contributed by atoms with Crippen molar-refractivity contribution in [2.75, 3.05) is 26.2 Å². The number of rotatable bonds is 6. The van der Waals surface area contributed by atoms with Crippen LogP contribution in [0.1, 0.15) is 11.3 Å². The van der Waals surface area contributed by atoms with Gasteiger partial charge in [0.25, 0.3) is 0 Å². The summed E-state index contributed by atoms with van der Waals surface area (Å²) in [6.07, 6.45) is 1.70. The Morgan fingerprint density at radius 2 is 1.82 bits per heavy atom. The maximum atomic E-state index is 12.8. The normalized spacial score (nSPS) is 14.6. The lowest BCUT2D eigenvalue weighted by molar-refractivity contribution is -0.133. The molecule has 5 rings (SSSR count). The molecule has 34 heavy (non-hydrogen) atoms. The summed E-state index contributed by atoms with van der Waals surface area (Å²) in [4.78, 5) is 31.7. The largest absolute Gasteiger partial charge is 0.340 e. The predicted molar refractivity (Wildman–Crippen MR) is 137 cm³/mol. The highest BCUT2D eigenvalue weighted by Gasteiger charge is 2.21. The van der Waals surface area contributed by atoms with Gasteiger partial charge < -0.3 is 4.90 Å². The number of hydrogen-bond donors (Lipinski definition) is 0. The molecule has 0 N–H and O–H groups in total. The number of aromatic nitrogens is 2. The van der Waals surface area contributed by atoms with Gasteiger partial charge in [0, 0.05) is 59.3 Å². The molecule has 3 heterocycles. The minimum Gasteiger partial charge on any atom is -0.340 e. The molecular weight excluding hydrogens is 468 g/mol. The van der Waals surface area contributed by atoms with E-state index in [9.17, 15) is 9.59 Å². The molecule has 174 valence electrons. The fraction of sp³-hybridized carbons (Fsp3) is 0.269. The Morgan fingerprint density at radius 3 is 2.65 bits per heavy atom. The van der Waals surface area contributed by atoms with E-state index in [-0.39, 0.29) is 11.3 Å². The third kappa shape index (κ3) is 5.06. The van der Waals surface area contributed by atoms with Gasteiger partial charge in [-0.1, -0.05) is 35.9 Å². The number of amides is 1. The van der Waals surface area contributed by atoms with Gasteiger partial charge >= 0.3 is 0 Å². The van der Waals surface area contributed by atoms with Crippen LogP contribution in [0.4, 0.5) is 0 Å². The average molecular weight is 493 g/mol. The number of halogens is 1. The lowest BCUT2D eigenvalue weighted by Crippen LogP contribution is -2.48. The molecule has 8 heteroatoms. The molecule has 0 atom stereocenters. The topological polar surface area (TPSA) is 58.4 Å². The van der Waals surface area contributed by atoms with Gasteiger partial charge in [0.05, 0.1) is 18.3 Å². The molecular formula is C26H25ClN4O2S. The Labute approximate surface area is 207 Å². The lowest BCUT2D eigenvalue weighted by Gasteiger charge is -2.34. The number of carbonyl (C=O) groups is 1. The third-order valence-electron chi connectivity index (χ3n) is 6.17. The van der Waals surface area contributed by atoms with Gasteiger partial charge in [-0.2, -0.15) is 5.10 Å². The van der Waals surface area contributed by atoms with Crippen LogP contribution < -0.4 is 5.43 Å². The minimum absolute atomic E-state index is 0.0975. The second-order valence-corrected chi connectivity index (χ2v) is 10.0. The van der Waals surface area contributed by atoms with Crippen LogP contribution in [0, 0.1) is 0 Å². The second kappa shape index (κ2) is 10.1. The van der Waals surface area contributed by atoms with E-state index in [1.807, 2.05) is 41.3 Å². The van der Waals surface area contributed by atoms with E-state index in [4.69, 9.17) is 11.6 Å². The molecule has 6 nitrogen and oxygen atoms in total. The fourth-order valence-corrected chi connectivity index (χ4v) is 5.57. The third-order valence-corrected chi connectivity index (χ3v) is 7.53. The molecule has 2 aromatic carbocycles. The maximum absolute atomic E-state index is 12.8. The molecule has 1 saturated heterocycles. The van der Waals surface area contributed by atoms with Gasteiger partial charge in [0.1, 0.15) is 0 Å². The molecule has 4 aromatic rings. The standard InChI is InChI=1S/C26H25ClN4O2S/c27-20-5-3-4-19(16-20)25-9-8-21(34-25)18-29-12-14-30(15-13-29)26(33)10-11-31-23-7-2-1-6-22(23)24(32)17-28-31/h1-9,16-17H,10-15,18H2.